The number of amides is 1. The molecule has 0 fully saturated rings. The first kappa shape index (κ1) is 17.0. The Morgan fingerprint density at radius 3 is 2.56 bits per heavy atom. The summed E-state index contributed by atoms with van der Waals surface area (Å²) in [6, 6.07) is 15.6. The van der Waals surface area contributed by atoms with Crippen molar-refractivity contribution in [2.24, 2.45) is 12.0 Å². The van der Waals surface area contributed by atoms with Crippen LogP contribution in [0.15, 0.2) is 70.5 Å². The molecule has 2 aromatic carbocycles. The molecule has 0 spiro atoms. The van der Waals surface area contributed by atoms with E-state index in [1.807, 2.05) is 35.9 Å². The van der Waals surface area contributed by atoms with Crippen molar-refractivity contribution >= 4 is 27.5 Å². The van der Waals surface area contributed by atoms with Gasteiger partial charge in [0.1, 0.15) is 5.82 Å². The smallest absolute Gasteiger partial charge is 0.300 e. The van der Waals surface area contributed by atoms with Crippen LogP contribution in [0.2, 0.25) is 0 Å². The minimum atomic E-state index is -0.562. The van der Waals surface area contributed by atoms with E-state index in [1.54, 1.807) is 0 Å². The van der Waals surface area contributed by atoms with Crippen LogP contribution < -0.4 is 10.4 Å². The predicted octanol–water partition coefficient (Wildman–Crippen LogP) is 2.67. The summed E-state index contributed by atoms with van der Waals surface area (Å²) < 4.78 is 17.0. The number of fused-ring (bicyclic) bond motifs is 1. The fraction of sp³-hybridized carbons (Fsp3) is 0.0526. The number of benzene rings is 2. The molecule has 4 rings (SSSR count). The minimum Gasteiger partial charge on any atom is -0.319 e. The van der Waals surface area contributed by atoms with Gasteiger partial charge in [0.15, 0.2) is 10.5 Å². The van der Waals surface area contributed by atoms with Crippen molar-refractivity contribution in [1.82, 2.24) is 14.3 Å². The zero-order valence-corrected chi connectivity index (χ0v) is 15.0. The van der Waals surface area contributed by atoms with Gasteiger partial charge in [0, 0.05) is 13.1 Å². The molecule has 0 N–H and O–H groups in total. The number of carbonyl (C=O) groups excluding carboxylic acids is 1. The summed E-state index contributed by atoms with van der Waals surface area (Å²) in [7, 11) is 1.83. The van der Waals surface area contributed by atoms with Crippen molar-refractivity contribution in [3.63, 3.8) is 0 Å². The van der Waals surface area contributed by atoms with Crippen LogP contribution in [0.3, 0.4) is 0 Å². The first-order valence-electron chi connectivity index (χ1n) is 8.03. The molecule has 0 radical (unpaired) electrons. The standard InChI is InChI=1S/C19H13FN4O2S/c1-23-15-4-2-3-5-16(15)27-19(23)21-18(26)14-10-11-17(25)24(22-14)13-8-6-12(20)7-9-13/h2-11H,1H3. The Morgan fingerprint density at radius 1 is 1.07 bits per heavy atom. The summed E-state index contributed by atoms with van der Waals surface area (Å²) in [5.74, 6) is -0.987. The second kappa shape index (κ2) is 6.73. The number of nitrogens with zero attached hydrogens (tertiary/aromatic N) is 4. The number of carbonyl (C=O) groups is 1. The lowest BCUT2D eigenvalue weighted by atomic mass is 10.3. The van der Waals surface area contributed by atoms with Crippen molar-refractivity contribution in [2.75, 3.05) is 0 Å². The Bertz CT molecular complexity index is 1290. The van der Waals surface area contributed by atoms with E-state index < -0.39 is 17.3 Å². The normalized spacial score (nSPS) is 11.9. The molecule has 0 unspecified atom stereocenters. The van der Waals surface area contributed by atoms with E-state index in [0.717, 1.165) is 14.9 Å². The van der Waals surface area contributed by atoms with Crippen LogP contribution in [0.1, 0.15) is 10.5 Å². The quantitative estimate of drug-likeness (QED) is 0.537. The number of halogens is 1. The minimum absolute atomic E-state index is 0.0244. The van der Waals surface area contributed by atoms with Crippen molar-refractivity contribution in [3.05, 3.63) is 87.3 Å². The Morgan fingerprint density at radius 2 is 1.81 bits per heavy atom. The summed E-state index contributed by atoms with van der Waals surface area (Å²) in [6.07, 6.45) is 0. The molecule has 4 aromatic rings. The molecule has 6 nitrogen and oxygen atoms in total. The Hall–Kier alpha value is -3.39. The largest absolute Gasteiger partial charge is 0.319 e. The molecule has 0 saturated heterocycles. The van der Waals surface area contributed by atoms with E-state index in [1.165, 1.54) is 47.7 Å². The number of para-hydroxylation sites is 1. The van der Waals surface area contributed by atoms with E-state index in [2.05, 4.69) is 10.1 Å². The summed E-state index contributed by atoms with van der Waals surface area (Å²) in [6.45, 7) is 0. The molecule has 0 bridgehead atoms. The molecule has 2 heterocycles. The van der Waals surface area contributed by atoms with Gasteiger partial charge in [-0.1, -0.05) is 23.5 Å². The lowest BCUT2D eigenvalue weighted by Crippen LogP contribution is -2.23. The third-order valence-electron chi connectivity index (χ3n) is 4.00. The molecule has 0 saturated carbocycles. The Balaban J connectivity index is 1.78. The number of hydrogen-bond donors (Lipinski definition) is 0. The topological polar surface area (TPSA) is 69.2 Å². The van der Waals surface area contributed by atoms with Gasteiger partial charge in [-0.2, -0.15) is 14.8 Å². The average Bonchev–Trinajstić information content (AvgIpc) is 2.99. The van der Waals surface area contributed by atoms with Gasteiger partial charge in [0.05, 0.1) is 15.9 Å². The number of aryl methyl sites for hydroxylation is 1. The van der Waals surface area contributed by atoms with Crippen LogP contribution in [0.5, 0.6) is 0 Å². The number of thiazole rings is 1. The number of rotatable bonds is 2. The summed E-state index contributed by atoms with van der Waals surface area (Å²) >= 11 is 1.39. The lowest BCUT2D eigenvalue weighted by Gasteiger charge is -2.05. The summed E-state index contributed by atoms with van der Waals surface area (Å²) in [4.78, 5) is 29.3. The van der Waals surface area contributed by atoms with Gasteiger partial charge in [-0.25, -0.2) is 4.39 Å². The average molecular weight is 380 g/mol. The van der Waals surface area contributed by atoms with Crippen LogP contribution in [-0.2, 0) is 7.05 Å². The highest BCUT2D eigenvalue weighted by Gasteiger charge is 2.11. The van der Waals surface area contributed by atoms with Gasteiger partial charge >= 0.3 is 0 Å². The van der Waals surface area contributed by atoms with Crippen LogP contribution >= 0.6 is 11.3 Å². The van der Waals surface area contributed by atoms with Gasteiger partial charge in [-0.15, -0.1) is 0 Å². The Labute approximate surface area is 156 Å². The number of hydrogen-bond acceptors (Lipinski definition) is 4. The molecular weight excluding hydrogens is 367 g/mol. The van der Waals surface area contributed by atoms with Crippen molar-refractivity contribution in [1.29, 1.82) is 0 Å². The maximum atomic E-state index is 13.1. The summed E-state index contributed by atoms with van der Waals surface area (Å²) in [5.41, 5.74) is 0.934. The van der Waals surface area contributed by atoms with Crippen molar-refractivity contribution in [2.45, 2.75) is 0 Å². The molecular formula is C19H13FN4O2S. The van der Waals surface area contributed by atoms with E-state index in [9.17, 15) is 14.0 Å². The van der Waals surface area contributed by atoms with E-state index in [4.69, 9.17) is 0 Å². The molecule has 0 atom stereocenters. The SMILES string of the molecule is Cn1c(=NC(=O)c2ccc(=O)n(-c3ccc(F)cc3)n2)sc2ccccc21. The third kappa shape index (κ3) is 3.22. The predicted molar refractivity (Wildman–Crippen MR) is 100 cm³/mol. The van der Waals surface area contributed by atoms with Crippen LogP contribution in [0, 0.1) is 5.82 Å². The first-order valence-corrected chi connectivity index (χ1v) is 8.84. The highest BCUT2D eigenvalue weighted by atomic mass is 32.1. The zero-order chi connectivity index (χ0) is 19.0. The van der Waals surface area contributed by atoms with Crippen molar-refractivity contribution in [3.8, 4) is 5.69 Å². The highest BCUT2D eigenvalue weighted by Crippen LogP contribution is 2.15. The molecule has 0 aliphatic rings. The second-order valence-corrected chi connectivity index (χ2v) is 6.78. The lowest BCUT2D eigenvalue weighted by molar-refractivity contribution is 0.0991. The fourth-order valence-electron chi connectivity index (χ4n) is 2.62. The third-order valence-corrected chi connectivity index (χ3v) is 5.12. The van der Waals surface area contributed by atoms with Crippen LogP contribution in [0.25, 0.3) is 15.9 Å². The van der Waals surface area contributed by atoms with Crippen LogP contribution in [-0.4, -0.2) is 20.3 Å². The molecule has 2 aromatic heterocycles. The molecule has 0 aliphatic carbocycles. The first-order chi connectivity index (χ1) is 13.0. The van der Waals surface area contributed by atoms with E-state index in [-0.39, 0.29) is 5.69 Å². The van der Waals surface area contributed by atoms with Gasteiger partial charge < -0.3 is 4.57 Å². The van der Waals surface area contributed by atoms with Gasteiger partial charge in [0.2, 0.25) is 0 Å². The molecule has 8 heteroatoms. The Kier molecular flexibility index (Phi) is 4.25. The second-order valence-electron chi connectivity index (χ2n) is 5.77. The van der Waals surface area contributed by atoms with E-state index in [0.29, 0.717) is 10.5 Å². The van der Waals surface area contributed by atoms with Gasteiger partial charge in [-0.05, 0) is 42.5 Å². The molecule has 0 aliphatic heterocycles. The monoisotopic (exact) mass is 380 g/mol. The van der Waals surface area contributed by atoms with Crippen molar-refractivity contribution < 1.29 is 9.18 Å². The zero-order valence-electron chi connectivity index (χ0n) is 14.2. The molecule has 1 amide bonds. The molecule has 27 heavy (non-hydrogen) atoms. The van der Waals surface area contributed by atoms with E-state index >= 15 is 0 Å². The maximum Gasteiger partial charge on any atom is 0.300 e. The van der Waals surface area contributed by atoms with Crippen LogP contribution in [0.4, 0.5) is 4.39 Å². The maximum absolute atomic E-state index is 13.1. The molecule has 134 valence electrons. The highest BCUT2D eigenvalue weighted by molar-refractivity contribution is 7.16. The fourth-order valence-corrected chi connectivity index (χ4v) is 3.64. The summed E-state index contributed by atoms with van der Waals surface area (Å²) in [5, 5.41) is 4.09. The van der Waals surface area contributed by atoms with Gasteiger partial charge in [-0.3, -0.25) is 9.59 Å². The number of aromatic nitrogens is 3. The van der Waals surface area contributed by atoms with Gasteiger partial charge in [0.25, 0.3) is 11.5 Å².